The van der Waals surface area contributed by atoms with E-state index in [1.165, 1.54) is 11.8 Å². The second-order valence-electron chi connectivity index (χ2n) is 8.25. The predicted molar refractivity (Wildman–Crippen MR) is 136 cm³/mol. The maximum Gasteiger partial charge on any atom is 0.326 e. The van der Waals surface area contributed by atoms with E-state index >= 15 is 0 Å². The minimum Gasteiger partial charge on any atom is -0.481 e. The molecule has 2 rings (SSSR count). The monoisotopic (exact) mass is 537 g/mol. The number of hydrogen-bond donors (Lipinski definition) is 8. The topological polar surface area (TPSA) is 224 Å². The van der Waals surface area contributed by atoms with Crippen molar-refractivity contribution in [2.75, 3.05) is 18.6 Å². The number of aromatic nitrogens is 1. The van der Waals surface area contributed by atoms with E-state index in [1.54, 1.807) is 24.6 Å². The third-order valence-corrected chi connectivity index (χ3v) is 6.15. The Bertz CT molecular complexity index is 1120. The number of rotatable bonds is 15. The first-order valence-corrected chi connectivity index (χ1v) is 12.7. The Balaban J connectivity index is 2.22. The molecule has 0 aliphatic carbocycles. The average Bonchev–Trinajstić information content (AvgIpc) is 3.26. The summed E-state index contributed by atoms with van der Waals surface area (Å²) in [4.78, 5) is 63.7. The van der Waals surface area contributed by atoms with Gasteiger partial charge in [0.1, 0.15) is 18.1 Å². The van der Waals surface area contributed by atoms with Gasteiger partial charge in [-0.25, -0.2) is 4.79 Å². The van der Waals surface area contributed by atoms with Crippen LogP contribution in [0.2, 0.25) is 0 Å². The van der Waals surface area contributed by atoms with Crippen LogP contribution in [-0.2, 0) is 30.4 Å². The summed E-state index contributed by atoms with van der Waals surface area (Å²) in [6, 6.07) is 1.78. The van der Waals surface area contributed by atoms with Gasteiger partial charge in [-0.3, -0.25) is 19.2 Å². The van der Waals surface area contributed by atoms with Gasteiger partial charge in [0.15, 0.2) is 0 Å². The fourth-order valence-corrected chi connectivity index (χ4v) is 3.99. The number of amides is 3. The molecule has 0 fully saturated rings. The molecule has 4 unspecified atom stereocenters. The summed E-state index contributed by atoms with van der Waals surface area (Å²) >= 11 is 1.39. The second-order valence-corrected chi connectivity index (χ2v) is 9.24. The first kappa shape index (κ1) is 29.6. The molecule has 14 heteroatoms. The van der Waals surface area contributed by atoms with Crippen LogP contribution in [0.4, 0.5) is 0 Å². The Hall–Kier alpha value is -3.62. The lowest BCUT2D eigenvalue weighted by molar-refractivity contribution is -0.142. The average molecular weight is 538 g/mol. The highest BCUT2D eigenvalue weighted by atomic mass is 32.2. The number of thioether (sulfide) groups is 1. The van der Waals surface area contributed by atoms with Gasteiger partial charge in [-0.05, 0) is 30.1 Å². The van der Waals surface area contributed by atoms with Crippen molar-refractivity contribution in [3.05, 3.63) is 36.0 Å². The summed E-state index contributed by atoms with van der Waals surface area (Å²) in [5.74, 6) is -4.76. The molecule has 9 N–H and O–H groups in total. The van der Waals surface area contributed by atoms with Crippen LogP contribution in [0.15, 0.2) is 30.5 Å². The highest BCUT2D eigenvalue weighted by molar-refractivity contribution is 7.98. The number of carbonyl (C=O) groups excluding carboxylic acids is 3. The number of aromatic amines is 1. The molecular weight excluding hydrogens is 506 g/mol. The van der Waals surface area contributed by atoms with Crippen molar-refractivity contribution in [3.63, 3.8) is 0 Å². The quantitative estimate of drug-likeness (QED) is 0.135. The third kappa shape index (κ3) is 8.77. The molecule has 1 aromatic carbocycles. The molecule has 1 heterocycles. The van der Waals surface area contributed by atoms with Gasteiger partial charge in [-0.2, -0.15) is 11.8 Å². The molecule has 0 spiro atoms. The van der Waals surface area contributed by atoms with E-state index in [1.807, 2.05) is 12.1 Å². The number of benzene rings is 1. The Labute approximate surface area is 216 Å². The number of carbonyl (C=O) groups is 5. The van der Waals surface area contributed by atoms with Crippen LogP contribution in [-0.4, -0.2) is 92.7 Å². The van der Waals surface area contributed by atoms with Crippen molar-refractivity contribution < 1.29 is 39.3 Å². The fourth-order valence-electron chi connectivity index (χ4n) is 3.52. The Morgan fingerprint density at radius 2 is 1.59 bits per heavy atom. The number of nitrogens with one attached hydrogen (secondary N) is 4. The zero-order valence-electron chi connectivity index (χ0n) is 20.1. The predicted octanol–water partition coefficient (Wildman–Crippen LogP) is -1.20. The highest BCUT2D eigenvalue weighted by Crippen LogP contribution is 2.19. The molecule has 0 saturated carbocycles. The molecule has 0 aliphatic heterocycles. The molecule has 3 amide bonds. The van der Waals surface area contributed by atoms with Crippen molar-refractivity contribution in [2.24, 2.45) is 5.73 Å². The lowest BCUT2D eigenvalue weighted by atomic mass is 10.0. The molecule has 4 atom stereocenters. The van der Waals surface area contributed by atoms with Gasteiger partial charge in [-0.1, -0.05) is 18.2 Å². The van der Waals surface area contributed by atoms with Crippen LogP contribution in [0.5, 0.6) is 0 Å². The molecule has 2 aromatic rings. The molecule has 0 aliphatic rings. The molecule has 1 aromatic heterocycles. The maximum absolute atomic E-state index is 13.1. The number of nitrogens with two attached hydrogens (primary N) is 1. The van der Waals surface area contributed by atoms with Gasteiger partial charge in [0.25, 0.3) is 0 Å². The van der Waals surface area contributed by atoms with Crippen molar-refractivity contribution in [1.29, 1.82) is 0 Å². The van der Waals surface area contributed by atoms with Crippen molar-refractivity contribution in [3.8, 4) is 0 Å². The summed E-state index contributed by atoms with van der Waals surface area (Å²) in [5, 5.41) is 35.8. The lowest BCUT2D eigenvalue weighted by Crippen LogP contribution is -2.58. The van der Waals surface area contributed by atoms with Gasteiger partial charge < -0.3 is 42.0 Å². The van der Waals surface area contributed by atoms with Gasteiger partial charge in [0.05, 0.1) is 19.1 Å². The molecule has 13 nitrogen and oxygen atoms in total. The summed E-state index contributed by atoms with van der Waals surface area (Å²) in [5.41, 5.74) is 7.07. The smallest absolute Gasteiger partial charge is 0.326 e. The standard InChI is InChI=1S/C23H31N5O8S/c1-37-7-6-16(23(35)36)26-22(34)18(11-29)28-21(33)17(27-20(32)14(24)9-19(30)31)8-12-10-25-15-5-3-2-4-13(12)15/h2-5,10,14,16-18,25,29H,6-9,11,24H2,1H3,(H,26,34)(H,27,32)(H,28,33)(H,30,31)(H,35,36). The van der Waals surface area contributed by atoms with Gasteiger partial charge in [0.2, 0.25) is 17.7 Å². The number of aliphatic hydroxyl groups excluding tert-OH is 1. The molecule has 37 heavy (non-hydrogen) atoms. The maximum atomic E-state index is 13.1. The summed E-state index contributed by atoms with van der Waals surface area (Å²) < 4.78 is 0. The van der Waals surface area contributed by atoms with E-state index in [2.05, 4.69) is 20.9 Å². The third-order valence-electron chi connectivity index (χ3n) is 5.50. The number of aliphatic carboxylic acids is 2. The fraction of sp³-hybridized carbons (Fsp3) is 0.435. The first-order valence-electron chi connectivity index (χ1n) is 11.3. The summed E-state index contributed by atoms with van der Waals surface area (Å²) in [7, 11) is 0. The van der Waals surface area contributed by atoms with Crippen molar-refractivity contribution in [1.82, 2.24) is 20.9 Å². The summed E-state index contributed by atoms with van der Waals surface area (Å²) in [6.07, 6.45) is 2.85. The lowest BCUT2D eigenvalue weighted by Gasteiger charge is -2.24. The minimum atomic E-state index is -1.50. The Morgan fingerprint density at radius 1 is 0.973 bits per heavy atom. The van der Waals surface area contributed by atoms with Crippen LogP contribution < -0.4 is 21.7 Å². The number of fused-ring (bicyclic) bond motifs is 1. The number of hydrogen-bond acceptors (Lipinski definition) is 8. The molecule has 0 bridgehead atoms. The van der Waals surface area contributed by atoms with Crippen molar-refractivity contribution >= 4 is 52.3 Å². The SMILES string of the molecule is CSCCC(NC(=O)C(CO)NC(=O)C(Cc1c[nH]c2ccccc12)NC(=O)C(N)CC(=O)O)C(=O)O. The zero-order chi connectivity index (χ0) is 27.5. The second kappa shape index (κ2) is 14.2. The molecule has 202 valence electrons. The van der Waals surface area contributed by atoms with Crippen LogP contribution in [0.1, 0.15) is 18.4 Å². The molecule has 0 saturated heterocycles. The van der Waals surface area contributed by atoms with Crippen LogP contribution in [0.25, 0.3) is 10.9 Å². The highest BCUT2D eigenvalue weighted by Gasteiger charge is 2.31. The van der Waals surface area contributed by atoms with E-state index in [0.29, 0.717) is 11.3 Å². The minimum absolute atomic E-state index is 0.0490. The van der Waals surface area contributed by atoms with Crippen molar-refractivity contribution in [2.45, 2.75) is 43.4 Å². The van der Waals surface area contributed by atoms with E-state index in [4.69, 9.17) is 10.8 Å². The molecular formula is C23H31N5O8S. The van der Waals surface area contributed by atoms with Gasteiger partial charge in [-0.15, -0.1) is 0 Å². The summed E-state index contributed by atoms with van der Waals surface area (Å²) in [6.45, 7) is -0.835. The number of H-pyrrole nitrogens is 1. The van der Waals surface area contributed by atoms with Gasteiger partial charge in [0, 0.05) is 23.5 Å². The van der Waals surface area contributed by atoms with E-state index in [9.17, 15) is 34.2 Å². The van der Waals surface area contributed by atoms with Crippen LogP contribution in [0.3, 0.4) is 0 Å². The van der Waals surface area contributed by atoms with E-state index < -0.39 is 66.9 Å². The van der Waals surface area contributed by atoms with E-state index in [-0.39, 0.29) is 12.8 Å². The van der Waals surface area contributed by atoms with E-state index in [0.717, 1.165) is 10.9 Å². The number of para-hydroxylation sites is 1. The van der Waals surface area contributed by atoms with Gasteiger partial charge >= 0.3 is 11.9 Å². The normalized spacial score (nSPS) is 14.2. The number of carboxylic acids is 2. The van der Waals surface area contributed by atoms with Crippen LogP contribution in [0, 0.1) is 0 Å². The largest absolute Gasteiger partial charge is 0.481 e. The van der Waals surface area contributed by atoms with Crippen LogP contribution >= 0.6 is 11.8 Å². The zero-order valence-corrected chi connectivity index (χ0v) is 20.9. The number of aliphatic hydroxyl groups is 1. The Kier molecular flexibility index (Phi) is 11.4. The Morgan fingerprint density at radius 3 is 2.22 bits per heavy atom. The number of carboxylic acid groups (broad SMARTS) is 2. The first-order chi connectivity index (χ1) is 17.6. The molecule has 0 radical (unpaired) electrons.